The molecule has 0 amide bonds. The van der Waals surface area contributed by atoms with Crippen LogP contribution in [0.4, 0.5) is 0 Å². The Morgan fingerprint density at radius 1 is 1.09 bits per heavy atom. The molecule has 1 aromatic heterocycles. The molecule has 0 N–H and O–H groups in total. The SMILES string of the molecule is COc1ccc(-n2cc(C=O)c(-c3ccc(Cl)cc3)n2)cc1. The van der Waals surface area contributed by atoms with E-state index in [1.54, 1.807) is 30.1 Å². The molecule has 0 atom stereocenters. The zero-order valence-electron chi connectivity index (χ0n) is 11.9. The highest BCUT2D eigenvalue weighted by molar-refractivity contribution is 6.30. The van der Waals surface area contributed by atoms with Crippen LogP contribution in [0, 0.1) is 0 Å². The van der Waals surface area contributed by atoms with E-state index in [-0.39, 0.29) is 0 Å². The Bertz CT molecular complexity index is 793. The lowest BCUT2D eigenvalue weighted by Crippen LogP contribution is -1.95. The minimum Gasteiger partial charge on any atom is -0.497 e. The van der Waals surface area contributed by atoms with Gasteiger partial charge < -0.3 is 4.74 Å². The first kappa shape index (κ1) is 14.4. The van der Waals surface area contributed by atoms with Crippen molar-refractivity contribution >= 4 is 17.9 Å². The highest BCUT2D eigenvalue weighted by Gasteiger charge is 2.11. The number of aldehydes is 1. The second-order valence-corrected chi connectivity index (χ2v) is 5.14. The van der Waals surface area contributed by atoms with Crippen molar-refractivity contribution < 1.29 is 9.53 Å². The number of rotatable bonds is 4. The first-order chi connectivity index (χ1) is 10.7. The minimum atomic E-state index is 0.526. The molecule has 0 saturated heterocycles. The summed E-state index contributed by atoms with van der Waals surface area (Å²) >= 11 is 5.90. The lowest BCUT2D eigenvalue weighted by atomic mass is 10.1. The fourth-order valence-corrected chi connectivity index (χ4v) is 2.30. The van der Waals surface area contributed by atoms with E-state index < -0.39 is 0 Å². The monoisotopic (exact) mass is 312 g/mol. The number of aromatic nitrogens is 2. The molecule has 0 fully saturated rings. The van der Waals surface area contributed by atoms with Gasteiger partial charge in [-0.25, -0.2) is 4.68 Å². The third-order valence-electron chi connectivity index (χ3n) is 3.32. The van der Waals surface area contributed by atoms with Gasteiger partial charge in [-0.1, -0.05) is 23.7 Å². The van der Waals surface area contributed by atoms with E-state index in [0.717, 1.165) is 23.3 Å². The topological polar surface area (TPSA) is 44.1 Å². The fraction of sp³-hybridized carbons (Fsp3) is 0.0588. The summed E-state index contributed by atoms with van der Waals surface area (Å²) < 4.78 is 6.81. The van der Waals surface area contributed by atoms with Crippen molar-refractivity contribution in [2.24, 2.45) is 0 Å². The van der Waals surface area contributed by atoms with E-state index in [9.17, 15) is 4.79 Å². The van der Waals surface area contributed by atoms with Crippen molar-refractivity contribution in [1.82, 2.24) is 9.78 Å². The van der Waals surface area contributed by atoms with Gasteiger partial charge >= 0.3 is 0 Å². The number of ether oxygens (including phenoxy) is 1. The summed E-state index contributed by atoms with van der Waals surface area (Å²) in [7, 11) is 1.62. The Morgan fingerprint density at radius 3 is 2.36 bits per heavy atom. The Labute approximate surface area is 132 Å². The first-order valence-electron chi connectivity index (χ1n) is 6.66. The summed E-state index contributed by atoms with van der Waals surface area (Å²) in [4.78, 5) is 11.3. The van der Waals surface area contributed by atoms with Gasteiger partial charge in [0.2, 0.25) is 0 Å². The van der Waals surface area contributed by atoms with Crippen molar-refractivity contribution in [2.45, 2.75) is 0 Å². The van der Waals surface area contributed by atoms with Crippen molar-refractivity contribution in [3.8, 4) is 22.7 Å². The normalized spacial score (nSPS) is 10.5. The molecule has 22 heavy (non-hydrogen) atoms. The number of carbonyl (C=O) groups is 1. The summed E-state index contributed by atoms with van der Waals surface area (Å²) in [6.07, 6.45) is 2.51. The van der Waals surface area contributed by atoms with Gasteiger partial charge in [0.25, 0.3) is 0 Å². The van der Waals surface area contributed by atoms with E-state index in [0.29, 0.717) is 16.3 Å². The molecular weight excluding hydrogens is 300 g/mol. The molecule has 0 aliphatic heterocycles. The van der Waals surface area contributed by atoms with Crippen LogP contribution in [0.2, 0.25) is 5.02 Å². The van der Waals surface area contributed by atoms with Crippen LogP contribution in [0.15, 0.2) is 54.7 Å². The van der Waals surface area contributed by atoms with Crippen LogP contribution in [-0.2, 0) is 0 Å². The number of nitrogens with zero attached hydrogens (tertiary/aromatic N) is 2. The zero-order chi connectivity index (χ0) is 15.5. The predicted octanol–water partition coefficient (Wildman–Crippen LogP) is 4.01. The Kier molecular flexibility index (Phi) is 3.94. The van der Waals surface area contributed by atoms with E-state index in [4.69, 9.17) is 16.3 Å². The summed E-state index contributed by atoms with van der Waals surface area (Å²) in [5, 5.41) is 5.15. The second kappa shape index (κ2) is 6.03. The number of hydrogen-bond acceptors (Lipinski definition) is 3. The first-order valence-corrected chi connectivity index (χ1v) is 7.04. The van der Waals surface area contributed by atoms with Crippen molar-refractivity contribution in [3.63, 3.8) is 0 Å². The molecule has 2 aromatic carbocycles. The highest BCUT2D eigenvalue weighted by atomic mass is 35.5. The third kappa shape index (κ3) is 2.73. The van der Waals surface area contributed by atoms with Gasteiger partial charge in [-0.15, -0.1) is 0 Å². The standard InChI is InChI=1S/C17H13ClN2O2/c1-22-16-8-6-15(7-9-16)20-10-13(11-21)17(19-20)12-2-4-14(18)5-3-12/h2-11H,1H3. The number of methoxy groups -OCH3 is 1. The Balaban J connectivity index is 2.03. The maximum atomic E-state index is 11.3. The molecule has 0 saturated carbocycles. The summed E-state index contributed by atoms with van der Waals surface area (Å²) in [5.41, 5.74) is 2.85. The van der Waals surface area contributed by atoms with Crippen molar-refractivity contribution in [1.29, 1.82) is 0 Å². The smallest absolute Gasteiger partial charge is 0.153 e. The summed E-state index contributed by atoms with van der Waals surface area (Å²) in [6, 6.07) is 14.7. The van der Waals surface area contributed by atoms with Crippen molar-refractivity contribution in [2.75, 3.05) is 7.11 Å². The summed E-state index contributed by atoms with van der Waals surface area (Å²) in [6.45, 7) is 0. The van der Waals surface area contributed by atoms with Crippen LogP contribution >= 0.6 is 11.6 Å². The van der Waals surface area contributed by atoms with Crippen LogP contribution in [0.5, 0.6) is 5.75 Å². The largest absolute Gasteiger partial charge is 0.497 e. The zero-order valence-corrected chi connectivity index (χ0v) is 12.6. The van der Waals surface area contributed by atoms with Gasteiger partial charge in [0.15, 0.2) is 6.29 Å². The molecule has 0 spiro atoms. The molecular formula is C17H13ClN2O2. The van der Waals surface area contributed by atoms with Gasteiger partial charge in [0.1, 0.15) is 11.4 Å². The van der Waals surface area contributed by atoms with Gasteiger partial charge in [-0.3, -0.25) is 4.79 Å². The average molecular weight is 313 g/mol. The molecule has 4 nitrogen and oxygen atoms in total. The Hall–Kier alpha value is -2.59. The van der Waals surface area contributed by atoms with E-state index in [2.05, 4.69) is 5.10 Å². The van der Waals surface area contributed by atoms with E-state index in [1.807, 2.05) is 36.4 Å². The average Bonchev–Trinajstić information content (AvgIpc) is 3.00. The van der Waals surface area contributed by atoms with Crippen molar-refractivity contribution in [3.05, 3.63) is 65.3 Å². The van der Waals surface area contributed by atoms with E-state index in [1.165, 1.54) is 0 Å². The highest BCUT2D eigenvalue weighted by Crippen LogP contribution is 2.24. The number of hydrogen-bond donors (Lipinski definition) is 0. The number of halogens is 1. The Morgan fingerprint density at radius 2 is 1.77 bits per heavy atom. The van der Waals surface area contributed by atoms with E-state index >= 15 is 0 Å². The lowest BCUT2D eigenvalue weighted by Gasteiger charge is -2.03. The van der Waals surface area contributed by atoms with Crippen LogP contribution < -0.4 is 4.74 Å². The molecule has 110 valence electrons. The molecule has 0 aliphatic carbocycles. The minimum absolute atomic E-state index is 0.526. The quantitative estimate of drug-likeness (QED) is 0.684. The molecule has 3 rings (SSSR count). The van der Waals surface area contributed by atoms with Gasteiger partial charge in [0, 0.05) is 16.8 Å². The number of carbonyl (C=O) groups excluding carboxylic acids is 1. The fourth-order valence-electron chi connectivity index (χ4n) is 2.17. The van der Waals surface area contributed by atoms with Crippen LogP contribution in [0.1, 0.15) is 10.4 Å². The van der Waals surface area contributed by atoms with Gasteiger partial charge in [-0.2, -0.15) is 5.10 Å². The van der Waals surface area contributed by atoms with Crippen LogP contribution in [0.25, 0.3) is 16.9 Å². The second-order valence-electron chi connectivity index (χ2n) is 4.70. The maximum absolute atomic E-state index is 11.3. The molecule has 5 heteroatoms. The molecule has 1 heterocycles. The summed E-state index contributed by atoms with van der Waals surface area (Å²) in [5.74, 6) is 0.768. The van der Waals surface area contributed by atoms with Gasteiger partial charge in [0.05, 0.1) is 18.4 Å². The molecule has 0 radical (unpaired) electrons. The van der Waals surface area contributed by atoms with Gasteiger partial charge in [-0.05, 0) is 36.4 Å². The molecule has 0 aliphatic rings. The maximum Gasteiger partial charge on any atom is 0.153 e. The van der Waals surface area contributed by atoms with Crippen LogP contribution in [-0.4, -0.2) is 23.2 Å². The molecule has 0 unspecified atom stereocenters. The lowest BCUT2D eigenvalue weighted by molar-refractivity contribution is 0.112. The third-order valence-corrected chi connectivity index (χ3v) is 3.58. The molecule has 0 bridgehead atoms. The number of benzene rings is 2. The molecule has 3 aromatic rings. The van der Waals surface area contributed by atoms with Crippen LogP contribution in [0.3, 0.4) is 0 Å². The predicted molar refractivity (Wildman–Crippen MR) is 85.9 cm³/mol.